The molecule has 3 rings (SSSR count). The quantitative estimate of drug-likeness (QED) is 0.728. The summed E-state index contributed by atoms with van der Waals surface area (Å²) >= 11 is 0. The van der Waals surface area contributed by atoms with Crippen LogP contribution in [-0.4, -0.2) is 58.4 Å². The van der Waals surface area contributed by atoms with E-state index in [9.17, 15) is 35.9 Å². The number of nitrogens with one attached hydrogen (secondary N) is 1. The molecule has 1 atom stereocenters. The first-order valence-corrected chi connectivity index (χ1v) is 9.03. The first-order chi connectivity index (χ1) is 13.9. The number of halogens is 6. The fraction of sp³-hybridized carbons (Fsp3) is 0.647. The topological polar surface area (TPSA) is 84.4 Å². The molecule has 1 saturated heterocycles. The number of carbonyl (C=O) groups excluding carboxylic acids is 2. The molecule has 13 heteroatoms. The lowest BCUT2D eigenvalue weighted by molar-refractivity contribution is -0.308. The van der Waals surface area contributed by atoms with Crippen molar-refractivity contribution in [3.05, 3.63) is 24.3 Å². The molecule has 1 aliphatic carbocycles. The Morgan fingerprint density at radius 3 is 2.23 bits per heavy atom. The molecule has 1 aromatic heterocycles. The molecule has 7 nitrogen and oxygen atoms in total. The summed E-state index contributed by atoms with van der Waals surface area (Å²) in [6.45, 7) is 0.0656. The lowest BCUT2D eigenvalue weighted by Crippen LogP contribution is -2.49. The average Bonchev–Trinajstić information content (AvgIpc) is 3.37. The number of ether oxygens (including phenoxy) is 1. The fourth-order valence-corrected chi connectivity index (χ4v) is 3.63. The van der Waals surface area contributed by atoms with E-state index in [-0.39, 0.29) is 44.3 Å². The van der Waals surface area contributed by atoms with Gasteiger partial charge in [0.1, 0.15) is 6.33 Å². The highest BCUT2D eigenvalue weighted by atomic mass is 19.4. The summed E-state index contributed by atoms with van der Waals surface area (Å²) in [6.07, 6.45) is -11.8. The molecular formula is C17H18F6N4O3. The molecular weight excluding hydrogens is 422 g/mol. The number of aromatic nitrogens is 2. The molecule has 166 valence electrons. The van der Waals surface area contributed by atoms with E-state index < -0.39 is 30.0 Å². The SMILES string of the molecule is O=C(NCc1cncnc1)[C@@H]1CC12CCN(C(=O)OC(C(F)(F)F)C(F)(F)F)CC2. The highest BCUT2D eigenvalue weighted by Crippen LogP contribution is 2.59. The van der Waals surface area contributed by atoms with Crippen molar-refractivity contribution in [3.63, 3.8) is 0 Å². The van der Waals surface area contributed by atoms with Gasteiger partial charge in [-0.1, -0.05) is 0 Å². The van der Waals surface area contributed by atoms with Gasteiger partial charge in [-0.25, -0.2) is 14.8 Å². The van der Waals surface area contributed by atoms with Gasteiger partial charge in [-0.3, -0.25) is 4.79 Å². The summed E-state index contributed by atoms with van der Waals surface area (Å²) in [5.41, 5.74) is 0.309. The highest BCUT2D eigenvalue weighted by Gasteiger charge is 2.61. The molecule has 0 unspecified atom stereocenters. The standard InChI is InChI=1S/C17H18F6N4O3/c18-16(19,20)13(17(21,22)23)30-14(29)27-3-1-15(2-4-27)5-11(15)12(28)26-8-10-6-24-9-25-7-10/h6-7,9,11,13H,1-5,8H2,(H,26,28)/t11-/m0/s1. The Hall–Kier alpha value is -2.60. The number of alkyl halides is 6. The molecule has 30 heavy (non-hydrogen) atoms. The summed E-state index contributed by atoms with van der Waals surface area (Å²) in [4.78, 5) is 32.6. The Balaban J connectivity index is 1.49. The van der Waals surface area contributed by atoms with E-state index >= 15 is 0 Å². The van der Waals surface area contributed by atoms with Crippen LogP contribution in [0.3, 0.4) is 0 Å². The van der Waals surface area contributed by atoms with Crippen molar-refractivity contribution < 1.29 is 40.7 Å². The number of nitrogens with zero attached hydrogens (tertiary/aromatic N) is 3. The van der Waals surface area contributed by atoms with Gasteiger partial charge < -0.3 is 15.0 Å². The van der Waals surface area contributed by atoms with Gasteiger partial charge in [-0.15, -0.1) is 0 Å². The minimum Gasteiger partial charge on any atom is -0.426 e. The zero-order chi connectivity index (χ0) is 22.2. The number of hydrogen-bond acceptors (Lipinski definition) is 5. The summed E-state index contributed by atoms with van der Waals surface area (Å²) in [7, 11) is 0. The molecule has 1 spiro atoms. The number of amides is 2. The van der Waals surface area contributed by atoms with Gasteiger partial charge >= 0.3 is 18.4 Å². The normalized spacial score (nSPS) is 20.9. The van der Waals surface area contributed by atoms with E-state index in [4.69, 9.17) is 0 Å². The minimum atomic E-state index is -5.76. The summed E-state index contributed by atoms with van der Waals surface area (Å²) < 4.78 is 79.0. The van der Waals surface area contributed by atoms with Crippen molar-refractivity contribution in [3.8, 4) is 0 Å². The zero-order valence-corrected chi connectivity index (χ0v) is 15.5. The van der Waals surface area contributed by atoms with Crippen LogP contribution in [0.15, 0.2) is 18.7 Å². The van der Waals surface area contributed by atoms with Crippen LogP contribution >= 0.6 is 0 Å². The molecule has 2 heterocycles. The smallest absolute Gasteiger partial charge is 0.426 e. The van der Waals surface area contributed by atoms with Crippen LogP contribution in [0.5, 0.6) is 0 Å². The van der Waals surface area contributed by atoms with E-state index in [0.717, 1.165) is 4.90 Å². The number of rotatable bonds is 4. The Morgan fingerprint density at radius 1 is 1.13 bits per heavy atom. The van der Waals surface area contributed by atoms with Crippen molar-refractivity contribution >= 4 is 12.0 Å². The van der Waals surface area contributed by atoms with Crippen LogP contribution in [0.25, 0.3) is 0 Å². The Kier molecular flexibility index (Phi) is 5.83. The van der Waals surface area contributed by atoms with Gasteiger partial charge in [0.25, 0.3) is 6.10 Å². The summed E-state index contributed by atoms with van der Waals surface area (Å²) in [5, 5.41) is 2.75. The van der Waals surface area contributed by atoms with Gasteiger partial charge in [0, 0.05) is 43.5 Å². The van der Waals surface area contributed by atoms with E-state index in [1.54, 1.807) is 12.4 Å². The van der Waals surface area contributed by atoms with Crippen molar-refractivity contribution in [1.82, 2.24) is 20.2 Å². The summed E-state index contributed by atoms with van der Waals surface area (Å²) in [5.74, 6) is -0.525. The van der Waals surface area contributed by atoms with Crippen molar-refractivity contribution in [2.75, 3.05) is 13.1 Å². The molecule has 2 aliphatic rings. The van der Waals surface area contributed by atoms with E-state index in [0.29, 0.717) is 12.0 Å². The van der Waals surface area contributed by atoms with Crippen LogP contribution in [0.2, 0.25) is 0 Å². The maximum Gasteiger partial charge on any atom is 0.434 e. The average molecular weight is 440 g/mol. The predicted molar refractivity (Wildman–Crippen MR) is 87.6 cm³/mol. The minimum absolute atomic E-state index is 0.0857. The third-order valence-electron chi connectivity index (χ3n) is 5.42. The van der Waals surface area contributed by atoms with Gasteiger partial charge in [-0.2, -0.15) is 26.3 Å². The molecule has 1 saturated carbocycles. The maximum atomic E-state index is 12.5. The number of likely N-dealkylation sites (tertiary alicyclic amines) is 1. The van der Waals surface area contributed by atoms with Gasteiger partial charge in [0.2, 0.25) is 5.91 Å². The molecule has 1 N–H and O–H groups in total. The van der Waals surface area contributed by atoms with Gasteiger partial charge in [0.15, 0.2) is 0 Å². The number of carbonyl (C=O) groups is 2. The maximum absolute atomic E-state index is 12.5. The van der Waals surface area contributed by atoms with Crippen LogP contribution in [-0.2, 0) is 16.1 Å². The van der Waals surface area contributed by atoms with Crippen LogP contribution in [0.4, 0.5) is 31.1 Å². The monoisotopic (exact) mass is 440 g/mol. The van der Waals surface area contributed by atoms with Crippen LogP contribution in [0, 0.1) is 11.3 Å². The molecule has 0 aromatic carbocycles. The van der Waals surface area contributed by atoms with E-state index in [1.807, 2.05) is 0 Å². The second-order valence-electron chi connectivity index (χ2n) is 7.42. The van der Waals surface area contributed by atoms with Crippen LogP contribution < -0.4 is 5.32 Å². The second-order valence-corrected chi connectivity index (χ2v) is 7.42. The van der Waals surface area contributed by atoms with E-state index in [1.165, 1.54) is 6.33 Å². The molecule has 1 aliphatic heterocycles. The molecule has 0 radical (unpaired) electrons. The van der Waals surface area contributed by atoms with E-state index in [2.05, 4.69) is 20.0 Å². The zero-order valence-electron chi connectivity index (χ0n) is 15.5. The van der Waals surface area contributed by atoms with Crippen molar-refractivity contribution in [2.24, 2.45) is 11.3 Å². The van der Waals surface area contributed by atoms with Crippen molar-refractivity contribution in [1.29, 1.82) is 0 Å². The molecule has 0 bridgehead atoms. The fourth-order valence-electron chi connectivity index (χ4n) is 3.63. The van der Waals surface area contributed by atoms with Crippen LogP contribution in [0.1, 0.15) is 24.8 Å². The summed E-state index contributed by atoms with van der Waals surface area (Å²) in [6, 6.07) is 0. The highest BCUT2D eigenvalue weighted by molar-refractivity contribution is 5.82. The largest absolute Gasteiger partial charge is 0.434 e. The Labute approximate surface area is 166 Å². The lowest BCUT2D eigenvalue weighted by Gasteiger charge is -2.33. The molecule has 2 amide bonds. The third kappa shape index (κ3) is 4.93. The number of piperidine rings is 1. The Morgan fingerprint density at radius 2 is 1.70 bits per heavy atom. The molecule has 1 aromatic rings. The first-order valence-electron chi connectivity index (χ1n) is 9.03. The third-order valence-corrected chi connectivity index (χ3v) is 5.42. The molecule has 2 fully saturated rings. The van der Waals surface area contributed by atoms with Gasteiger partial charge in [-0.05, 0) is 24.7 Å². The predicted octanol–water partition coefficient (Wildman–Crippen LogP) is 2.82. The van der Waals surface area contributed by atoms with Gasteiger partial charge in [0.05, 0.1) is 0 Å². The number of hydrogen-bond donors (Lipinski definition) is 1. The Bertz CT molecular complexity index is 764. The lowest BCUT2D eigenvalue weighted by atomic mass is 9.91. The van der Waals surface area contributed by atoms with Crippen molar-refractivity contribution in [2.45, 2.75) is 44.3 Å². The first kappa shape index (κ1) is 22.1. The second kappa shape index (κ2) is 7.91.